The standard InChI is InChI=1S/C13H16N4O3S/c1-6-2-8-9(3-6)13(20)17(12(8)19)4-7-5-21-11(15-7)10(18)16-14/h5-6,8-9H,2-4,14H2,1H3,(H,16,18). The molecule has 7 nitrogen and oxygen atoms in total. The first kappa shape index (κ1) is 14.2. The maximum Gasteiger partial charge on any atom is 0.294 e. The van der Waals surface area contributed by atoms with Crippen molar-refractivity contribution in [2.24, 2.45) is 23.6 Å². The zero-order chi connectivity index (χ0) is 15.1. The Balaban J connectivity index is 1.74. The van der Waals surface area contributed by atoms with Crippen LogP contribution in [0.2, 0.25) is 0 Å². The van der Waals surface area contributed by atoms with Crippen LogP contribution in [0, 0.1) is 17.8 Å². The van der Waals surface area contributed by atoms with E-state index in [2.05, 4.69) is 11.9 Å². The number of thiazole rings is 1. The Labute approximate surface area is 125 Å². The van der Waals surface area contributed by atoms with Gasteiger partial charge in [-0.3, -0.25) is 24.7 Å². The summed E-state index contributed by atoms with van der Waals surface area (Å²) in [5.41, 5.74) is 2.54. The number of imide groups is 1. The number of carbonyl (C=O) groups is 3. The van der Waals surface area contributed by atoms with Crippen LogP contribution in [0.15, 0.2) is 5.38 Å². The summed E-state index contributed by atoms with van der Waals surface area (Å²) in [5, 5.41) is 1.89. The van der Waals surface area contributed by atoms with Gasteiger partial charge in [0.2, 0.25) is 11.8 Å². The van der Waals surface area contributed by atoms with Crippen molar-refractivity contribution in [3.05, 3.63) is 16.1 Å². The van der Waals surface area contributed by atoms with Gasteiger partial charge in [-0.25, -0.2) is 10.8 Å². The zero-order valence-electron chi connectivity index (χ0n) is 11.5. The van der Waals surface area contributed by atoms with Gasteiger partial charge < -0.3 is 0 Å². The van der Waals surface area contributed by atoms with E-state index in [0.29, 0.717) is 11.6 Å². The van der Waals surface area contributed by atoms with Crippen molar-refractivity contribution in [2.45, 2.75) is 26.3 Å². The molecule has 3 N–H and O–H groups in total. The van der Waals surface area contributed by atoms with E-state index in [1.807, 2.05) is 5.43 Å². The third-order valence-corrected chi connectivity index (χ3v) is 5.05. The Hall–Kier alpha value is -1.80. The highest BCUT2D eigenvalue weighted by Gasteiger charge is 2.51. The number of hydrazine groups is 1. The fraction of sp³-hybridized carbons (Fsp3) is 0.538. The minimum atomic E-state index is -0.476. The molecule has 8 heteroatoms. The Bertz CT molecular complexity index is 590. The SMILES string of the molecule is CC1CC2C(=O)N(Cc3csc(C(=O)NN)n3)C(=O)C2C1. The molecular weight excluding hydrogens is 292 g/mol. The van der Waals surface area contributed by atoms with Gasteiger partial charge in [-0.1, -0.05) is 6.92 Å². The van der Waals surface area contributed by atoms with E-state index in [9.17, 15) is 14.4 Å². The first-order valence-corrected chi connectivity index (χ1v) is 7.69. The first-order valence-electron chi connectivity index (χ1n) is 6.81. The van der Waals surface area contributed by atoms with E-state index in [1.165, 1.54) is 4.90 Å². The minimum Gasteiger partial charge on any atom is -0.288 e. The minimum absolute atomic E-state index is 0.104. The molecule has 1 aliphatic carbocycles. The van der Waals surface area contributed by atoms with Gasteiger partial charge in [0.1, 0.15) is 0 Å². The smallest absolute Gasteiger partial charge is 0.288 e. The molecule has 112 valence electrons. The number of fused-ring (bicyclic) bond motifs is 1. The van der Waals surface area contributed by atoms with Gasteiger partial charge in [0.15, 0.2) is 5.01 Å². The van der Waals surface area contributed by atoms with Crippen molar-refractivity contribution in [2.75, 3.05) is 0 Å². The lowest BCUT2D eigenvalue weighted by Gasteiger charge is -2.15. The topological polar surface area (TPSA) is 105 Å². The van der Waals surface area contributed by atoms with Gasteiger partial charge in [-0.05, 0) is 18.8 Å². The maximum absolute atomic E-state index is 12.3. The Morgan fingerprint density at radius 1 is 1.43 bits per heavy atom. The summed E-state index contributed by atoms with van der Waals surface area (Å²) in [6.07, 6.45) is 1.56. The quantitative estimate of drug-likeness (QED) is 0.361. The van der Waals surface area contributed by atoms with E-state index >= 15 is 0 Å². The molecule has 2 fully saturated rings. The van der Waals surface area contributed by atoms with E-state index in [-0.39, 0.29) is 35.2 Å². The Morgan fingerprint density at radius 2 is 2.05 bits per heavy atom. The van der Waals surface area contributed by atoms with Gasteiger partial charge in [-0.15, -0.1) is 11.3 Å². The Morgan fingerprint density at radius 3 is 2.62 bits per heavy atom. The number of nitrogens with one attached hydrogen (secondary N) is 1. The summed E-state index contributed by atoms with van der Waals surface area (Å²) in [4.78, 5) is 41.4. The lowest BCUT2D eigenvalue weighted by Crippen LogP contribution is -2.32. The third-order valence-electron chi connectivity index (χ3n) is 4.16. The monoisotopic (exact) mass is 308 g/mol. The highest BCUT2D eigenvalue weighted by Crippen LogP contribution is 2.43. The summed E-state index contributed by atoms with van der Waals surface area (Å²) >= 11 is 1.14. The second kappa shape index (κ2) is 5.19. The molecule has 21 heavy (non-hydrogen) atoms. The van der Waals surface area contributed by atoms with E-state index in [1.54, 1.807) is 5.38 Å². The van der Waals surface area contributed by atoms with Crippen molar-refractivity contribution >= 4 is 29.1 Å². The van der Waals surface area contributed by atoms with Crippen LogP contribution in [0.25, 0.3) is 0 Å². The lowest BCUT2D eigenvalue weighted by molar-refractivity contribution is -0.141. The number of likely N-dealkylation sites (tertiary alicyclic amines) is 1. The predicted octanol–water partition coefficient (Wildman–Crippen LogP) is 0.278. The number of hydrogen-bond acceptors (Lipinski definition) is 6. The average molecular weight is 308 g/mol. The summed E-state index contributed by atoms with van der Waals surface area (Å²) in [6, 6.07) is 0. The highest BCUT2D eigenvalue weighted by molar-refractivity contribution is 7.11. The van der Waals surface area contributed by atoms with Crippen LogP contribution in [0.5, 0.6) is 0 Å². The first-order chi connectivity index (χ1) is 10.0. The number of rotatable bonds is 3. The van der Waals surface area contributed by atoms with Crippen molar-refractivity contribution in [1.82, 2.24) is 15.3 Å². The molecule has 0 radical (unpaired) electrons. The van der Waals surface area contributed by atoms with Gasteiger partial charge in [0.05, 0.1) is 24.1 Å². The zero-order valence-corrected chi connectivity index (χ0v) is 12.4. The summed E-state index contributed by atoms with van der Waals surface area (Å²) in [6.45, 7) is 2.20. The number of carbonyl (C=O) groups excluding carboxylic acids is 3. The maximum atomic E-state index is 12.3. The molecular formula is C13H16N4O3S. The van der Waals surface area contributed by atoms with Gasteiger partial charge in [-0.2, -0.15) is 0 Å². The molecule has 2 aliphatic rings. The summed E-state index contributed by atoms with van der Waals surface area (Å²) < 4.78 is 0. The fourth-order valence-corrected chi connectivity index (χ4v) is 3.92. The molecule has 1 aromatic rings. The normalized spacial score (nSPS) is 28.1. The molecule has 1 aliphatic heterocycles. The van der Waals surface area contributed by atoms with Gasteiger partial charge in [0, 0.05) is 5.38 Å². The lowest BCUT2D eigenvalue weighted by atomic mass is 10.00. The highest BCUT2D eigenvalue weighted by atomic mass is 32.1. The van der Waals surface area contributed by atoms with Crippen LogP contribution >= 0.6 is 11.3 Å². The summed E-state index contributed by atoms with van der Waals surface area (Å²) in [7, 11) is 0. The molecule has 3 rings (SSSR count). The van der Waals surface area contributed by atoms with Crippen molar-refractivity contribution in [3.63, 3.8) is 0 Å². The summed E-state index contributed by atoms with van der Waals surface area (Å²) in [5.74, 6) is 4.45. The average Bonchev–Trinajstić information content (AvgIpc) is 3.13. The van der Waals surface area contributed by atoms with Crippen LogP contribution in [0.3, 0.4) is 0 Å². The number of nitrogen functional groups attached to an aromatic ring is 1. The number of nitrogens with two attached hydrogens (primary N) is 1. The molecule has 0 spiro atoms. The van der Waals surface area contributed by atoms with Crippen molar-refractivity contribution in [1.29, 1.82) is 0 Å². The van der Waals surface area contributed by atoms with Gasteiger partial charge >= 0.3 is 0 Å². The van der Waals surface area contributed by atoms with E-state index in [0.717, 1.165) is 24.2 Å². The van der Waals surface area contributed by atoms with Crippen molar-refractivity contribution in [3.8, 4) is 0 Å². The van der Waals surface area contributed by atoms with E-state index in [4.69, 9.17) is 5.84 Å². The van der Waals surface area contributed by atoms with Crippen LogP contribution in [0.1, 0.15) is 35.3 Å². The van der Waals surface area contributed by atoms with Crippen LogP contribution in [0.4, 0.5) is 0 Å². The fourth-order valence-electron chi connectivity index (χ4n) is 3.21. The molecule has 1 aromatic heterocycles. The number of hydrogen-bond donors (Lipinski definition) is 2. The number of aromatic nitrogens is 1. The molecule has 2 atom stereocenters. The molecule has 0 bridgehead atoms. The third kappa shape index (κ3) is 2.34. The van der Waals surface area contributed by atoms with Crippen molar-refractivity contribution < 1.29 is 14.4 Å². The number of nitrogens with zero attached hydrogens (tertiary/aromatic N) is 2. The van der Waals surface area contributed by atoms with E-state index < -0.39 is 5.91 Å². The van der Waals surface area contributed by atoms with Crippen LogP contribution < -0.4 is 11.3 Å². The Kier molecular flexibility index (Phi) is 3.50. The van der Waals surface area contributed by atoms with Gasteiger partial charge in [0.25, 0.3) is 5.91 Å². The molecule has 1 saturated heterocycles. The molecule has 0 aromatic carbocycles. The molecule has 2 unspecified atom stereocenters. The second-order valence-electron chi connectivity index (χ2n) is 5.67. The number of amides is 3. The van der Waals surface area contributed by atoms with Crippen LogP contribution in [-0.2, 0) is 16.1 Å². The predicted molar refractivity (Wildman–Crippen MR) is 74.7 cm³/mol. The molecule has 2 heterocycles. The molecule has 1 saturated carbocycles. The largest absolute Gasteiger partial charge is 0.294 e. The van der Waals surface area contributed by atoms with Crippen LogP contribution in [-0.4, -0.2) is 27.6 Å². The second-order valence-corrected chi connectivity index (χ2v) is 6.53. The molecule has 3 amide bonds.